The lowest BCUT2D eigenvalue weighted by Crippen LogP contribution is -2.29. The average Bonchev–Trinajstić information content (AvgIpc) is 2.52. The van der Waals surface area contributed by atoms with Crippen LogP contribution in [-0.2, 0) is 9.59 Å². The van der Waals surface area contributed by atoms with Crippen LogP contribution in [0.25, 0.3) is 0 Å². The van der Waals surface area contributed by atoms with E-state index in [0.717, 1.165) is 37.7 Å². The summed E-state index contributed by atoms with van der Waals surface area (Å²) in [5.74, 6) is -1.10. The van der Waals surface area contributed by atoms with Crippen molar-refractivity contribution < 1.29 is 14.7 Å². The van der Waals surface area contributed by atoms with Gasteiger partial charge in [-0.3, -0.25) is 9.59 Å². The Balaban J connectivity index is 2.33. The first kappa shape index (κ1) is 18.4. The number of hydrogen-bond donors (Lipinski definition) is 1. The highest BCUT2D eigenvalue weighted by molar-refractivity contribution is 6.22. The summed E-state index contributed by atoms with van der Waals surface area (Å²) in [5.41, 5.74) is 2.88. The number of allylic oxidation sites excluding steroid dienone is 6. The van der Waals surface area contributed by atoms with E-state index >= 15 is 0 Å². The molecular weight excluding hydrogens is 300 g/mol. The zero-order chi connectivity index (χ0) is 17.9. The first-order valence-corrected chi connectivity index (χ1v) is 8.92. The van der Waals surface area contributed by atoms with Crippen LogP contribution in [0.4, 0.5) is 0 Å². The molecule has 2 unspecified atom stereocenters. The van der Waals surface area contributed by atoms with Gasteiger partial charge in [0.05, 0.1) is 5.57 Å². The molecule has 0 heterocycles. The highest BCUT2D eigenvalue weighted by Crippen LogP contribution is 2.40. The van der Waals surface area contributed by atoms with Crippen molar-refractivity contribution >= 4 is 11.6 Å². The van der Waals surface area contributed by atoms with Crippen LogP contribution in [0.5, 0.6) is 0 Å². The fourth-order valence-electron chi connectivity index (χ4n) is 3.67. The quantitative estimate of drug-likeness (QED) is 0.424. The Kier molecular flexibility index (Phi) is 5.98. The zero-order valence-corrected chi connectivity index (χ0v) is 15.0. The van der Waals surface area contributed by atoms with Crippen LogP contribution in [0.3, 0.4) is 0 Å². The van der Waals surface area contributed by atoms with E-state index in [4.69, 9.17) is 0 Å². The third kappa shape index (κ3) is 3.77. The van der Waals surface area contributed by atoms with Crippen molar-refractivity contribution in [3.8, 4) is 0 Å². The van der Waals surface area contributed by atoms with Crippen LogP contribution in [-0.4, -0.2) is 16.7 Å². The number of aliphatic hydroxyl groups excluding tert-OH is 1. The molecule has 0 bridgehead atoms. The van der Waals surface area contributed by atoms with Gasteiger partial charge in [0.15, 0.2) is 11.5 Å². The topological polar surface area (TPSA) is 54.4 Å². The van der Waals surface area contributed by atoms with Crippen LogP contribution >= 0.6 is 0 Å². The van der Waals surface area contributed by atoms with Crippen LogP contribution in [0.2, 0.25) is 0 Å². The smallest absolute Gasteiger partial charge is 0.223 e. The van der Waals surface area contributed by atoms with Crippen molar-refractivity contribution in [3.05, 3.63) is 46.8 Å². The van der Waals surface area contributed by atoms with E-state index in [0.29, 0.717) is 12.0 Å². The lowest BCUT2D eigenvalue weighted by Gasteiger charge is -2.32. The molecular formula is C21H28O3. The third-order valence-corrected chi connectivity index (χ3v) is 5.10. The number of aliphatic hydroxyl groups is 1. The fraction of sp³-hybridized carbons (Fsp3) is 0.524. The molecule has 0 aliphatic heterocycles. The maximum Gasteiger partial charge on any atom is 0.223 e. The Hall–Kier alpha value is -1.90. The molecule has 24 heavy (non-hydrogen) atoms. The minimum Gasteiger partial charge on any atom is -0.504 e. The molecule has 0 aromatic heterocycles. The van der Waals surface area contributed by atoms with Crippen LogP contribution in [0, 0.1) is 11.8 Å². The van der Waals surface area contributed by atoms with E-state index in [1.807, 2.05) is 19.9 Å². The van der Waals surface area contributed by atoms with Crippen molar-refractivity contribution in [1.29, 1.82) is 0 Å². The van der Waals surface area contributed by atoms with E-state index in [2.05, 4.69) is 13.5 Å². The van der Waals surface area contributed by atoms with Gasteiger partial charge < -0.3 is 5.11 Å². The maximum absolute atomic E-state index is 12.7. The van der Waals surface area contributed by atoms with E-state index in [-0.39, 0.29) is 34.7 Å². The molecule has 3 nitrogen and oxygen atoms in total. The molecule has 2 aliphatic carbocycles. The summed E-state index contributed by atoms with van der Waals surface area (Å²) in [7, 11) is 0. The SMILES string of the molecule is C=C(C)C1CCC(C)=CC1C1=C(O)C(=O)C(CCCCC)=CC1=O. The molecule has 0 spiro atoms. The molecule has 130 valence electrons. The zero-order valence-electron chi connectivity index (χ0n) is 15.0. The fourth-order valence-corrected chi connectivity index (χ4v) is 3.67. The number of unbranched alkanes of at least 4 members (excludes halogenated alkanes) is 2. The predicted octanol–water partition coefficient (Wildman–Crippen LogP) is 5.01. The minimum atomic E-state index is -0.377. The summed E-state index contributed by atoms with van der Waals surface area (Å²) in [5, 5.41) is 10.5. The average molecular weight is 328 g/mol. The number of carbonyl (C=O) groups excluding carboxylic acids is 2. The van der Waals surface area contributed by atoms with Crippen molar-refractivity contribution in [1.82, 2.24) is 0 Å². The maximum atomic E-state index is 12.7. The summed E-state index contributed by atoms with van der Waals surface area (Å²) in [4.78, 5) is 25.2. The number of rotatable bonds is 6. The molecule has 0 aromatic carbocycles. The second-order valence-electron chi connectivity index (χ2n) is 7.11. The van der Waals surface area contributed by atoms with Gasteiger partial charge in [-0.05, 0) is 51.5 Å². The highest BCUT2D eigenvalue weighted by Gasteiger charge is 2.37. The second kappa shape index (κ2) is 7.78. The minimum absolute atomic E-state index is 0.0950. The van der Waals surface area contributed by atoms with Gasteiger partial charge >= 0.3 is 0 Å². The van der Waals surface area contributed by atoms with Crippen LogP contribution in [0.1, 0.15) is 59.3 Å². The van der Waals surface area contributed by atoms with Gasteiger partial charge in [0.25, 0.3) is 0 Å². The summed E-state index contributed by atoms with van der Waals surface area (Å²) < 4.78 is 0. The Morgan fingerprint density at radius 2 is 2.04 bits per heavy atom. The molecule has 0 aromatic rings. The molecule has 0 saturated heterocycles. The molecule has 1 N–H and O–H groups in total. The second-order valence-corrected chi connectivity index (χ2v) is 7.11. The lowest BCUT2D eigenvalue weighted by atomic mass is 9.71. The van der Waals surface area contributed by atoms with Crippen LogP contribution in [0.15, 0.2) is 46.8 Å². The van der Waals surface area contributed by atoms with E-state index in [1.165, 1.54) is 11.6 Å². The molecule has 0 amide bonds. The van der Waals surface area contributed by atoms with E-state index in [9.17, 15) is 14.7 Å². The van der Waals surface area contributed by atoms with E-state index in [1.54, 1.807) is 0 Å². The van der Waals surface area contributed by atoms with Gasteiger partial charge in [0.1, 0.15) is 0 Å². The van der Waals surface area contributed by atoms with Gasteiger partial charge in [-0.15, -0.1) is 0 Å². The van der Waals surface area contributed by atoms with Gasteiger partial charge in [0, 0.05) is 11.5 Å². The summed E-state index contributed by atoms with van der Waals surface area (Å²) in [6.07, 6.45) is 8.80. The van der Waals surface area contributed by atoms with Gasteiger partial charge in [-0.25, -0.2) is 0 Å². The molecule has 2 atom stereocenters. The summed E-state index contributed by atoms with van der Waals surface area (Å²) in [6.45, 7) is 10.1. The summed E-state index contributed by atoms with van der Waals surface area (Å²) >= 11 is 0. The Morgan fingerprint density at radius 3 is 2.67 bits per heavy atom. The van der Waals surface area contributed by atoms with Crippen molar-refractivity contribution in [2.24, 2.45) is 11.8 Å². The monoisotopic (exact) mass is 328 g/mol. The molecule has 2 aliphatic rings. The first-order valence-electron chi connectivity index (χ1n) is 8.92. The van der Waals surface area contributed by atoms with Gasteiger partial charge in [-0.2, -0.15) is 0 Å². The molecule has 2 rings (SSSR count). The predicted molar refractivity (Wildman–Crippen MR) is 96.7 cm³/mol. The van der Waals surface area contributed by atoms with Gasteiger partial charge in [0.2, 0.25) is 5.78 Å². The number of carbonyl (C=O) groups is 2. The largest absolute Gasteiger partial charge is 0.504 e. The highest BCUT2D eigenvalue weighted by atomic mass is 16.3. The number of Topliss-reactive ketones (excluding diaryl/α,β-unsaturated/α-hetero) is 1. The number of hydrogen-bond acceptors (Lipinski definition) is 3. The summed E-state index contributed by atoms with van der Waals surface area (Å²) in [6, 6.07) is 0. The molecule has 0 fully saturated rings. The Morgan fingerprint density at radius 1 is 1.33 bits per heavy atom. The molecule has 3 heteroatoms. The Bertz CT molecular complexity index is 646. The van der Waals surface area contributed by atoms with Crippen molar-refractivity contribution in [2.45, 2.75) is 59.3 Å². The number of ketones is 2. The van der Waals surface area contributed by atoms with Crippen LogP contribution < -0.4 is 0 Å². The standard InChI is InChI=1S/C21H28O3/c1-5-6-7-8-15-12-18(22)19(21(24)20(15)23)17-11-14(4)9-10-16(17)13(2)3/h11-12,16-17,24H,2,5-10H2,1,3-4H3. The first-order chi connectivity index (χ1) is 11.4. The normalized spacial score (nSPS) is 24.8. The molecule has 0 saturated carbocycles. The van der Waals surface area contributed by atoms with Crippen molar-refractivity contribution in [2.75, 3.05) is 0 Å². The lowest BCUT2D eigenvalue weighted by molar-refractivity contribution is -0.118. The molecule has 0 radical (unpaired) electrons. The van der Waals surface area contributed by atoms with Crippen molar-refractivity contribution in [3.63, 3.8) is 0 Å². The Labute approximate surface area is 144 Å². The van der Waals surface area contributed by atoms with Gasteiger partial charge in [-0.1, -0.05) is 43.6 Å². The van der Waals surface area contributed by atoms with E-state index < -0.39 is 0 Å². The third-order valence-electron chi connectivity index (χ3n) is 5.10.